The van der Waals surface area contributed by atoms with Gasteiger partial charge in [-0.3, -0.25) is 0 Å². The van der Waals surface area contributed by atoms with E-state index in [2.05, 4.69) is 0 Å². The number of thiol groups is 1. The molecule has 0 aliphatic heterocycles. The van der Waals surface area contributed by atoms with Gasteiger partial charge in [-0.05, 0) is 36.2 Å². The topological polar surface area (TPSA) is 90.9 Å². The third-order valence-corrected chi connectivity index (χ3v) is 3.78. The molecule has 23 heavy (non-hydrogen) atoms. The van der Waals surface area contributed by atoms with Gasteiger partial charge in [-0.25, -0.2) is 12.8 Å². The van der Waals surface area contributed by atoms with Gasteiger partial charge < -0.3 is 4.74 Å². The highest BCUT2D eigenvalue weighted by Crippen LogP contribution is 2.30. The number of nitriles is 2. The third kappa shape index (κ3) is 3.85. The number of rotatable bonds is 4. The van der Waals surface area contributed by atoms with E-state index in [9.17, 15) is 18.1 Å². The van der Waals surface area contributed by atoms with Crippen LogP contribution in [0.1, 0.15) is 22.3 Å². The van der Waals surface area contributed by atoms with E-state index in [0.717, 1.165) is 12.1 Å². The molecular weight excluding hydrogens is 319 g/mol. The quantitative estimate of drug-likeness (QED) is 0.870. The van der Waals surface area contributed by atoms with Crippen molar-refractivity contribution >= 4 is 10.7 Å². The molecule has 0 aromatic heterocycles. The Morgan fingerprint density at radius 2 is 1.91 bits per heavy atom. The molecule has 116 valence electrons. The fourth-order valence-electron chi connectivity index (χ4n) is 2.08. The molecule has 0 heterocycles. The van der Waals surface area contributed by atoms with Crippen molar-refractivity contribution in [3.63, 3.8) is 0 Å². The van der Waals surface area contributed by atoms with E-state index in [1.807, 2.05) is 12.1 Å². The predicted octanol–water partition coefficient (Wildman–Crippen LogP) is 2.78. The van der Waals surface area contributed by atoms with Crippen molar-refractivity contribution in [1.29, 1.82) is 10.5 Å². The van der Waals surface area contributed by atoms with Crippen molar-refractivity contribution in [3.05, 3.63) is 58.4 Å². The van der Waals surface area contributed by atoms with Gasteiger partial charge in [0.05, 0.1) is 22.9 Å². The summed E-state index contributed by atoms with van der Waals surface area (Å²) < 4.78 is 40.6. The second-order valence-electron chi connectivity index (χ2n) is 4.71. The SMILES string of the molecule is Cc1c(C[SH](=O)=O)ccc(Oc2cc(F)cc(C#N)c2)c1C#N. The van der Waals surface area contributed by atoms with E-state index in [1.165, 1.54) is 12.1 Å². The lowest BCUT2D eigenvalue weighted by Crippen LogP contribution is -1.98. The minimum absolute atomic E-state index is 0.0834. The summed E-state index contributed by atoms with van der Waals surface area (Å²) >= 11 is 0. The largest absolute Gasteiger partial charge is 0.456 e. The zero-order valence-corrected chi connectivity index (χ0v) is 12.9. The zero-order chi connectivity index (χ0) is 17.0. The third-order valence-electron chi connectivity index (χ3n) is 3.18. The van der Waals surface area contributed by atoms with Gasteiger partial charge in [0.15, 0.2) is 0 Å². The van der Waals surface area contributed by atoms with Crippen LogP contribution < -0.4 is 4.74 Å². The van der Waals surface area contributed by atoms with Crippen molar-refractivity contribution < 1.29 is 17.5 Å². The van der Waals surface area contributed by atoms with Gasteiger partial charge in [0.1, 0.15) is 34.1 Å². The average molecular weight is 330 g/mol. The van der Waals surface area contributed by atoms with Crippen molar-refractivity contribution in [2.45, 2.75) is 12.7 Å². The molecule has 0 unspecified atom stereocenters. The highest BCUT2D eigenvalue weighted by atomic mass is 32.2. The van der Waals surface area contributed by atoms with E-state index >= 15 is 0 Å². The van der Waals surface area contributed by atoms with Crippen LogP contribution in [0.2, 0.25) is 0 Å². The minimum Gasteiger partial charge on any atom is -0.456 e. The molecule has 0 saturated heterocycles. The first-order valence-electron chi connectivity index (χ1n) is 6.47. The molecule has 0 aliphatic rings. The number of nitrogens with zero attached hydrogens (tertiary/aromatic N) is 2. The van der Waals surface area contributed by atoms with Crippen LogP contribution in [0.4, 0.5) is 4.39 Å². The Hall–Kier alpha value is -2.90. The molecule has 0 spiro atoms. The summed E-state index contributed by atoms with van der Waals surface area (Å²) in [4.78, 5) is 0. The molecule has 0 bridgehead atoms. The lowest BCUT2D eigenvalue weighted by molar-refractivity contribution is 0.474. The van der Waals surface area contributed by atoms with Gasteiger partial charge in [-0.1, -0.05) is 6.07 Å². The Morgan fingerprint density at radius 1 is 1.17 bits per heavy atom. The number of ether oxygens (including phenoxy) is 1. The Bertz CT molecular complexity index is 916. The molecule has 0 N–H and O–H groups in total. The molecule has 0 radical (unpaired) electrons. The van der Waals surface area contributed by atoms with E-state index in [0.29, 0.717) is 11.1 Å². The number of hydrogen-bond donors (Lipinski definition) is 1. The molecule has 0 aliphatic carbocycles. The summed E-state index contributed by atoms with van der Waals surface area (Å²) in [5, 5.41) is 18.1. The zero-order valence-electron chi connectivity index (χ0n) is 12.0. The van der Waals surface area contributed by atoms with Crippen LogP contribution in [0.5, 0.6) is 11.5 Å². The first kappa shape index (κ1) is 16.5. The van der Waals surface area contributed by atoms with E-state index in [4.69, 9.17) is 10.00 Å². The van der Waals surface area contributed by atoms with Crippen LogP contribution in [0.25, 0.3) is 0 Å². The first-order valence-corrected chi connectivity index (χ1v) is 7.83. The lowest BCUT2D eigenvalue weighted by atomic mass is 10.0. The van der Waals surface area contributed by atoms with Crippen molar-refractivity contribution in [2.24, 2.45) is 0 Å². The standard InChI is InChI=1S/C16H11FN2O3S/c1-10-12(9-23(20)21)2-3-16(15(10)8-19)22-14-5-11(7-18)4-13(17)6-14/h2-6,23H,9H2,1H3. The highest BCUT2D eigenvalue weighted by molar-refractivity contribution is 7.71. The Balaban J connectivity index is 2.45. The fraction of sp³-hybridized carbons (Fsp3) is 0.125. The summed E-state index contributed by atoms with van der Waals surface area (Å²) in [5.41, 5.74) is 1.25. The average Bonchev–Trinajstić information content (AvgIpc) is 2.49. The first-order chi connectivity index (χ1) is 10.9. The Labute approximate surface area is 134 Å². The van der Waals surface area contributed by atoms with Crippen molar-refractivity contribution in [2.75, 3.05) is 0 Å². The molecule has 0 saturated carbocycles. The molecule has 2 rings (SSSR count). The summed E-state index contributed by atoms with van der Waals surface area (Å²) in [6, 6.07) is 10.3. The maximum Gasteiger partial charge on any atom is 0.145 e. The fourth-order valence-corrected chi connectivity index (χ4v) is 2.70. The Kier molecular flexibility index (Phi) is 4.95. The van der Waals surface area contributed by atoms with Gasteiger partial charge in [0.25, 0.3) is 0 Å². The predicted molar refractivity (Wildman–Crippen MR) is 81.1 cm³/mol. The van der Waals surface area contributed by atoms with Gasteiger partial charge in [0.2, 0.25) is 0 Å². The van der Waals surface area contributed by atoms with Gasteiger partial charge in [-0.15, -0.1) is 0 Å². The maximum absolute atomic E-state index is 13.4. The van der Waals surface area contributed by atoms with Crippen LogP contribution in [0.3, 0.4) is 0 Å². The van der Waals surface area contributed by atoms with E-state index in [1.54, 1.807) is 13.0 Å². The number of hydrogen-bond acceptors (Lipinski definition) is 5. The van der Waals surface area contributed by atoms with Gasteiger partial charge >= 0.3 is 0 Å². The second kappa shape index (κ2) is 6.91. The van der Waals surface area contributed by atoms with E-state index < -0.39 is 16.5 Å². The number of benzene rings is 2. The normalized spacial score (nSPS) is 10.1. The van der Waals surface area contributed by atoms with Gasteiger partial charge in [0, 0.05) is 6.07 Å². The summed E-state index contributed by atoms with van der Waals surface area (Å²) in [6.07, 6.45) is 0. The molecule has 0 fully saturated rings. The molecule has 7 heteroatoms. The van der Waals surface area contributed by atoms with Crippen LogP contribution >= 0.6 is 0 Å². The lowest BCUT2D eigenvalue weighted by Gasteiger charge is -2.12. The highest BCUT2D eigenvalue weighted by Gasteiger charge is 2.13. The molecule has 2 aromatic rings. The van der Waals surface area contributed by atoms with E-state index in [-0.39, 0.29) is 28.4 Å². The number of halogens is 1. The second-order valence-corrected chi connectivity index (χ2v) is 5.70. The van der Waals surface area contributed by atoms with Crippen molar-refractivity contribution in [3.8, 4) is 23.6 Å². The van der Waals surface area contributed by atoms with Crippen LogP contribution in [-0.2, 0) is 16.5 Å². The molecular formula is C16H11FN2O3S. The van der Waals surface area contributed by atoms with Crippen LogP contribution in [0, 0.1) is 35.4 Å². The monoisotopic (exact) mass is 330 g/mol. The molecule has 0 amide bonds. The van der Waals surface area contributed by atoms with Crippen LogP contribution in [0.15, 0.2) is 30.3 Å². The smallest absolute Gasteiger partial charge is 0.145 e. The minimum atomic E-state index is -2.61. The summed E-state index contributed by atoms with van der Waals surface area (Å²) in [6.45, 7) is 1.62. The Morgan fingerprint density at radius 3 is 2.52 bits per heavy atom. The molecule has 5 nitrogen and oxygen atoms in total. The van der Waals surface area contributed by atoms with Crippen molar-refractivity contribution in [1.82, 2.24) is 0 Å². The molecule has 0 atom stereocenters. The van der Waals surface area contributed by atoms with Crippen LogP contribution in [-0.4, -0.2) is 8.42 Å². The van der Waals surface area contributed by atoms with Gasteiger partial charge in [-0.2, -0.15) is 10.5 Å². The molecule has 2 aromatic carbocycles. The summed E-state index contributed by atoms with van der Waals surface area (Å²) in [5.74, 6) is -0.548. The maximum atomic E-state index is 13.4. The summed E-state index contributed by atoms with van der Waals surface area (Å²) in [7, 11) is -2.61.